The molecule has 0 bridgehead atoms. The molecule has 0 spiro atoms. The minimum absolute atomic E-state index is 0.168. The first-order valence-corrected chi connectivity index (χ1v) is 11.1. The van der Waals surface area contributed by atoms with Crippen molar-refractivity contribution in [2.45, 2.75) is 6.54 Å². The number of anilines is 2. The maximum Gasteiger partial charge on any atom is 0.328 e. The molecule has 12 nitrogen and oxygen atoms in total. The second-order valence-electron chi connectivity index (χ2n) is 8.05. The molecule has 0 saturated carbocycles. The molecule has 12 heteroatoms. The van der Waals surface area contributed by atoms with Gasteiger partial charge in [0.2, 0.25) is 0 Å². The number of amides is 2. The second kappa shape index (κ2) is 12.4. The fourth-order valence-corrected chi connectivity index (χ4v) is 3.49. The highest BCUT2D eigenvalue weighted by Gasteiger charge is 2.22. The maximum atomic E-state index is 12.8. The van der Waals surface area contributed by atoms with Gasteiger partial charge in [-0.3, -0.25) is 19.9 Å². The molecule has 1 fully saturated rings. The molecule has 0 atom stereocenters. The summed E-state index contributed by atoms with van der Waals surface area (Å²) in [6, 6.07) is 6.20. The highest BCUT2D eigenvalue weighted by atomic mass is 16.5. The lowest BCUT2D eigenvalue weighted by Gasteiger charge is -2.34. The van der Waals surface area contributed by atoms with E-state index in [9.17, 15) is 19.6 Å². The number of carbonyl (C=O) groups excluding carboxylic acids is 3. The van der Waals surface area contributed by atoms with Crippen molar-refractivity contribution < 1.29 is 23.9 Å². The molecule has 0 unspecified atom stereocenters. The summed E-state index contributed by atoms with van der Waals surface area (Å²) in [5.41, 5.74) is 1.54. The zero-order valence-electron chi connectivity index (χ0n) is 20.4. The average Bonchev–Trinajstić information content (AvgIpc) is 2.89. The number of nitrogens with one attached hydrogen (secondary N) is 1. The van der Waals surface area contributed by atoms with Crippen LogP contribution >= 0.6 is 0 Å². The number of urea groups is 1. The quantitative estimate of drug-likeness (QED) is 0.309. The summed E-state index contributed by atoms with van der Waals surface area (Å²) in [5, 5.41) is 11.9. The number of carbonyl (C=O) groups is 2. The molecule has 2 amide bonds. The fraction of sp³-hybridized carbons (Fsp3) is 0.375. The molecule has 36 heavy (non-hydrogen) atoms. The van der Waals surface area contributed by atoms with Crippen LogP contribution in [-0.2, 0) is 16.1 Å². The van der Waals surface area contributed by atoms with E-state index < -0.39 is 6.03 Å². The molecule has 188 valence electrons. The van der Waals surface area contributed by atoms with Crippen molar-refractivity contribution >= 4 is 29.9 Å². The standard InChI is InChI=1S/C24H27N7O5/c1-29-6-7-31(19(14-29)15-32)13-17-4-5-23(27-20(17)16-33)30(2)24(34)28-22-10-21(36-9-8-35-3)18(11-25)12-26-22/h4-5,10,12,16H,6-9,13-14H2,1-3H3,(H,26,28,34). The van der Waals surface area contributed by atoms with E-state index in [4.69, 9.17) is 9.47 Å². The van der Waals surface area contributed by atoms with E-state index >= 15 is 0 Å². The predicted molar refractivity (Wildman–Crippen MR) is 130 cm³/mol. The normalized spacial score (nSPS) is 13.5. The summed E-state index contributed by atoms with van der Waals surface area (Å²) in [6.45, 7) is 2.77. The Balaban J connectivity index is 1.73. The number of methoxy groups -OCH3 is 1. The Hall–Kier alpha value is -4.30. The van der Waals surface area contributed by atoms with Gasteiger partial charge in [-0.15, -0.1) is 0 Å². The summed E-state index contributed by atoms with van der Waals surface area (Å²) in [7, 11) is 4.95. The van der Waals surface area contributed by atoms with Crippen molar-refractivity contribution in [3.05, 3.63) is 46.9 Å². The van der Waals surface area contributed by atoms with Crippen molar-refractivity contribution in [2.75, 3.05) is 64.3 Å². The number of aldehydes is 1. The van der Waals surface area contributed by atoms with E-state index in [1.165, 1.54) is 31.3 Å². The summed E-state index contributed by atoms with van der Waals surface area (Å²) in [6.07, 6.45) is 1.92. The van der Waals surface area contributed by atoms with Crippen molar-refractivity contribution in [3.63, 3.8) is 0 Å². The van der Waals surface area contributed by atoms with Gasteiger partial charge in [0.25, 0.3) is 0 Å². The van der Waals surface area contributed by atoms with Crippen LogP contribution in [0.15, 0.2) is 30.1 Å². The molecule has 0 aromatic carbocycles. The van der Waals surface area contributed by atoms with Gasteiger partial charge in [0, 0.05) is 52.0 Å². The van der Waals surface area contributed by atoms with Crippen LogP contribution < -0.4 is 15.0 Å². The molecule has 1 N–H and O–H groups in total. The molecule has 3 rings (SSSR count). The highest BCUT2D eigenvalue weighted by Crippen LogP contribution is 2.22. The summed E-state index contributed by atoms with van der Waals surface area (Å²) >= 11 is 0. The van der Waals surface area contributed by atoms with Gasteiger partial charge in [-0.05, 0) is 13.1 Å². The summed E-state index contributed by atoms with van der Waals surface area (Å²) in [5.74, 6) is 2.66. The van der Waals surface area contributed by atoms with Crippen LogP contribution in [0, 0.1) is 11.3 Å². The monoisotopic (exact) mass is 493 g/mol. The smallest absolute Gasteiger partial charge is 0.328 e. The third-order valence-corrected chi connectivity index (χ3v) is 5.56. The molecular formula is C24H27N7O5. The van der Waals surface area contributed by atoms with Gasteiger partial charge in [0.15, 0.2) is 6.29 Å². The number of aromatic nitrogens is 2. The van der Waals surface area contributed by atoms with Gasteiger partial charge in [0.05, 0.1) is 12.8 Å². The number of likely N-dealkylation sites (N-methyl/N-ethyl adjacent to an activating group) is 1. The molecule has 0 aliphatic carbocycles. The minimum atomic E-state index is -0.558. The van der Waals surface area contributed by atoms with Gasteiger partial charge in [-0.25, -0.2) is 19.6 Å². The third kappa shape index (κ3) is 6.43. The van der Waals surface area contributed by atoms with Crippen molar-refractivity contribution in [1.29, 1.82) is 5.26 Å². The Bertz CT molecular complexity index is 1210. The number of hydrogen-bond acceptors (Lipinski definition) is 10. The lowest BCUT2D eigenvalue weighted by atomic mass is 10.1. The van der Waals surface area contributed by atoms with Crippen molar-refractivity contribution in [1.82, 2.24) is 19.8 Å². The van der Waals surface area contributed by atoms with Crippen LogP contribution in [-0.4, -0.2) is 92.1 Å². The number of ether oxygens (including phenoxy) is 2. The van der Waals surface area contributed by atoms with Crippen LogP contribution in [0.25, 0.3) is 0 Å². The number of piperazine rings is 1. The van der Waals surface area contributed by atoms with Gasteiger partial charge in [-0.1, -0.05) is 6.07 Å². The lowest BCUT2D eigenvalue weighted by molar-refractivity contribution is 0.111. The van der Waals surface area contributed by atoms with Crippen molar-refractivity contribution in [2.24, 2.45) is 0 Å². The molecule has 1 aliphatic heterocycles. The Labute approximate surface area is 208 Å². The van der Waals surface area contributed by atoms with E-state index in [1.807, 2.05) is 28.9 Å². The third-order valence-electron chi connectivity index (χ3n) is 5.56. The maximum absolute atomic E-state index is 12.8. The van der Waals surface area contributed by atoms with Crippen LogP contribution in [0.2, 0.25) is 0 Å². The first-order valence-electron chi connectivity index (χ1n) is 11.1. The Kier molecular flexibility index (Phi) is 9.07. The minimum Gasteiger partial charge on any atom is -0.490 e. The number of rotatable bonds is 9. The Morgan fingerprint density at radius 2 is 2.14 bits per heavy atom. The summed E-state index contributed by atoms with van der Waals surface area (Å²) in [4.78, 5) is 49.5. The first kappa shape index (κ1) is 26.3. The van der Waals surface area contributed by atoms with E-state index in [-0.39, 0.29) is 35.2 Å². The average molecular weight is 494 g/mol. The van der Waals surface area contributed by atoms with Crippen molar-refractivity contribution in [3.8, 4) is 11.8 Å². The lowest BCUT2D eigenvalue weighted by Crippen LogP contribution is -2.42. The summed E-state index contributed by atoms with van der Waals surface area (Å²) < 4.78 is 10.5. The molecule has 2 aromatic heterocycles. The molecule has 3 heterocycles. The first-order chi connectivity index (χ1) is 17.4. The SMILES string of the molecule is COCCOc1cc(NC(=O)N(C)c2ccc(CN3CCN(C)CC3=C=O)c(C=O)n2)ncc1C#N. The van der Waals surface area contributed by atoms with Crippen LogP contribution in [0.3, 0.4) is 0 Å². The highest BCUT2D eigenvalue weighted by molar-refractivity contribution is 6.00. The van der Waals surface area contributed by atoms with E-state index in [0.717, 1.165) is 6.54 Å². The van der Waals surface area contributed by atoms with Gasteiger partial charge in [-0.2, -0.15) is 5.26 Å². The van der Waals surface area contributed by atoms with Crippen LogP contribution in [0.1, 0.15) is 21.6 Å². The van der Waals surface area contributed by atoms with E-state index in [2.05, 4.69) is 15.3 Å². The van der Waals surface area contributed by atoms with E-state index in [1.54, 1.807) is 12.1 Å². The Morgan fingerprint density at radius 1 is 1.33 bits per heavy atom. The van der Waals surface area contributed by atoms with Crippen LogP contribution in [0.4, 0.5) is 16.4 Å². The molecular weight excluding hydrogens is 466 g/mol. The number of hydrogen-bond donors (Lipinski definition) is 1. The van der Waals surface area contributed by atoms with E-state index in [0.29, 0.717) is 43.8 Å². The largest absolute Gasteiger partial charge is 0.490 e. The molecule has 1 saturated heterocycles. The zero-order valence-corrected chi connectivity index (χ0v) is 20.4. The second-order valence-corrected chi connectivity index (χ2v) is 8.05. The molecule has 1 aliphatic rings. The Morgan fingerprint density at radius 3 is 2.83 bits per heavy atom. The fourth-order valence-electron chi connectivity index (χ4n) is 3.49. The number of nitrogens with zero attached hydrogens (tertiary/aromatic N) is 6. The molecule has 0 radical (unpaired) electrons. The van der Waals surface area contributed by atoms with Gasteiger partial charge < -0.3 is 14.4 Å². The molecule has 2 aromatic rings. The van der Waals surface area contributed by atoms with Gasteiger partial charge >= 0.3 is 6.03 Å². The topological polar surface area (TPSA) is 141 Å². The van der Waals surface area contributed by atoms with Crippen LogP contribution in [0.5, 0.6) is 5.75 Å². The van der Waals surface area contributed by atoms with Gasteiger partial charge in [0.1, 0.15) is 53.0 Å². The predicted octanol–water partition coefficient (Wildman–Crippen LogP) is 1.32. The zero-order chi connectivity index (χ0) is 26.1. The number of pyridine rings is 2. The number of nitriles is 1.